The predicted molar refractivity (Wildman–Crippen MR) is 67.0 cm³/mol. The first-order valence-corrected chi connectivity index (χ1v) is 5.70. The summed E-state index contributed by atoms with van der Waals surface area (Å²) < 4.78 is 25.1. The van der Waals surface area contributed by atoms with Gasteiger partial charge >= 0.3 is 0 Å². The first kappa shape index (κ1) is 12.7. The highest BCUT2D eigenvalue weighted by Crippen LogP contribution is 2.25. The van der Waals surface area contributed by atoms with E-state index in [0.29, 0.717) is 5.69 Å². The van der Waals surface area contributed by atoms with Gasteiger partial charge in [-0.25, -0.2) is 8.78 Å². The minimum Gasteiger partial charge on any atom is -0.395 e. The van der Waals surface area contributed by atoms with E-state index >= 15 is 0 Å². The highest BCUT2D eigenvalue weighted by molar-refractivity contribution is 5.91. The minimum atomic E-state index is -2.44. The number of pyridine rings is 1. The van der Waals surface area contributed by atoms with E-state index in [9.17, 15) is 8.78 Å². The zero-order chi connectivity index (χ0) is 13.0. The molecule has 1 aromatic heterocycles. The van der Waals surface area contributed by atoms with Gasteiger partial charge in [-0.05, 0) is 12.1 Å². The van der Waals surface area contributed by atoms with Crippen LogP contribution in [-0.2, 0) is 0 Å². The summed E-state index contributed by atoms with van der Waals surface area (Å²) in [6.07, 6.45) is -0.850. The Morgan fingerprint density at radius 2 is 2.00 bits per heavy atom. The Morgan fingerprint density at radius 3 is 2.72 bits per heavy atom. The van der Waals surface area contributed by atoms with Crippen LogP contribution in [0.15, 0.2) is 36.5 Å². The van der Waals surface area contributed by atoms with Crippen molar-refractivity contribution in [2.24, 2.45) is 0 Å². The largest absolute Gasteiger partial charge is 0.395 e. The SMILES string of the molecule is OCCN(CC(F)F)c1ccnc2ccccc12. The summed E-state index contributed by atoms with van der Waals surface area (Å²) in [6, 6.07) is 9.06. The molecule has 0 bridgehead atoms. The molecule has 1 N–H and O–H groups in total. The van der Waals surface area contributed by atoms with Crippen molar-refractivity contribution in [1.82, 2.24) is 4.98 Å². The Balaban J connectivity index is 2.43. The molecule has 0 atom stereocenters. The second-order valence-corrected chi connectivity index (χ2v) is 3.91. The number of rotatable bonds is 5. The summed E-state index contributed by atoms with van der Waals surface area (Å²) in [5, 5.41) is 9.79. The number of aliphatic hydroxyl groups is 1. The zero-order valence-corrected chi connectivity index (χ0v) is 9.76. The number of alkyl halides is 2. The maximum atomic E-state index is 12.6. The van der Waals surface area contributed by atoms with Gasteiger partial charge in [-0.2, -0.15) is 0 Å². The number of anilines is 1. The Hall–Kier alpha value is -1.75. The van der Waals surface area contributed by atoms with Crippen LogP contribution in [0.5, 0.6) is 0 Å². The smallest absolute Gasteiger partial charge is 0.255 e. The van der Waals surface area contributed by atoms with Crippen molar-refractivity contribution in [3.05, 3.63) is 36.5 Å². The molecule has 1 heterocycles. The third kappa shape index (κ3) is 2.73. The summed E-state index contributed by atoms with van der Waals surface area (Å²) in [6.45, 7) is -0.379. The first-order valence-electron chi connectivity index (χ1n) is 5.70. The number of halogens is 2. The van der Waals surface area contributed by atoms with Crippen molar-refractivity contribution in [1.29, 1.82) is 0 Å². The zero-order valence-electron chi connectivity index (χ0n) is 9.76. The van der Waals surface area contributed by atoms with Crippen LogP contribution < -0.4 is 4.90 Å². The van der Waals surface area contributed by atoms with Gasteiger partial charge in [0.05, 0.1) is 18.7 Å². The first-order chi connectivity index (χ1) is 8.72. The van der Waals surface area contributed by atoms with Crippen LogP contribution in [0.4, 0.5) is 14.5 Å². The second-order valence-electron chi connectivity index (χ2n) is 3.91. The van der Waals surface area contributed by atoms with E-state index in [0.717, 1.165) is 10.9 Å². The maximum Gasteiger partial charge on any atom is 0.255 e. The molecular formula is C13H14F2N2O. The molecule has 0 radical (unpaired) electrons. The molecule has 1 aromatic carbocycles. The standard InChI is InChI=1S/C13H14F2N2O/c14-13(15)9-17(7-8-18)12-5-6-16-11-4-2-1-3-10(11)12/h1-6,13,18H,7-9H2. The summed E-state index contributed by atoms with van der Waals surface area (Å²) in [5.41, 5.74) is 1.43. The highest BCUT2D eigenvalue weighted by Gasteiger charge is 2.14. The summed E-state index contributed by atoms with van der Waals surface area (Å²) in [5.74, 6) is 0. The molecule has 2 aromatic rings. The minimum absolute atomic E-state index is 0.163. The van der Waals surface area contributed by atoms with Crippen LogP contribution in [0.1, 0.15) is 0 Å². The molecule has 2 rings (SSSR count). The van der Waals surface area contributed by atoms with E-state index in [1.807, 2.05) is 24.3 Å². The van der Waals surface area contributed by atoms with Gasteiger partial charge in [-0.3, -0.25) is 4.98 Å². The molecule has 0 saturated heterocycles. The Morgan fingerprint density at radius 1 is 1.22 bits per heavy atom. The van der Waals surface area contributed by atoms with E-state index in [1.54, 1.807) is 12.3 Å². The third-order valence-corrected chi connectivity index (χ3v) is 2.70. The van der Waals surface area contributed by atoms with E-state index in [-0.39, 0.29) is 13.2 Å². The normalized spacial score (nSPS) is 11.1. The molecule has 0 aliphatic carbocycles. The molecule has 96 valence electrons. The monoisotopic (exact) mass is 252 g/mol. The topological polar surface area (TPSA) is 36.4 Å². The van der Waals surface area contributed by atoms with Gasteiger partial charge in [-0.15, -0.1) is 0 Å². The van der Waals surface area contributed by atoms with Gasteiger partial charge < -0.3 is 10.0 Å². The predicted octanol–water partition coefficient (Wildman–Crippen LogP) is 2.30. The van der Waals surface area contributed by atoms with Crippen LogP contribution in [0.25, 0.3) is 10.9 Å². The number of para-hydroxylation sites is 1. The molecule has 0 fully saturated rings. The molecule has 18 heavy (non-hydrogen) atoms. The number of hydrogen-bond acceptors (Lipinski definition) is 3. The molecule has 0 amide bonds. The number of aromatic nitrogens is 1. The van der Waals surface area contributed by atoms with Crippen LogP contribution >= 0.6 is 0 Å². The number of hydrogen-bond donors (Lipinski definition) is 1. The van der Waals surface area contributed by atoms with Crippen LogP contribution in [0.2, 0.25) is 0 Å². The molecule has 0 saturated carbocycles. The van der Waals surface area contributed by atoms with Crippen molar-refractivity contribution >= 4 is 16.6 Å². The number of aliphatic hydroxyl groups excluding tert-OH is 1. The van der Waals surface area contributed by atoms with Crippen molar-refractivity contribution in [2.45, 2.75) is 6.43 Å². The lowest BCUT2D eigenvalue weighted by molar-refractivity contribution is 0.153. The lowest BCUT2D eigenvalue weighted by atomic mass is 10.1. The van der Waals surface area contributed by atoms with Crippen molar-refractivity contribution < 1.29 is 13.9 Å². The second kappa shape index (κ2) is 5.73. The van der Waals surface area contributed by atoms with E-state index in [1.165, 1.54) is 4.90 Å². The van der Waals surface area contributed by atoms with Crippen molar-refractivity contribution in [3.63, 3.8) is 0 Å². The van der Waals surface area contributed by atoms with Crippen molar-refractivity contribution in [2.75, 3.05) is 24.6 Å². The third-order valence-electron chi connectivity index (χ3n) is 2.70. The molecule has 0 aliphatic rings. The van der Waals surface area contributed by atoms with Crippen LogP contribution in [0.3, 0.4) is 0 Å². The van der Waals surface area contributed by atoms with Crippen LogP contribution in [-0.4, -0.2) is 36.2 Å². The average molecular weight is 252 g/mol. The van der Waals surface area contributed by atoms with E-state index in [4.69, 9.17) is 5.11 Å². The fourth-order valence-corrected chi connectivity index (χ4v) is 1.95. The van der Waals surface area contributed by atoms with Gasteiger partial charge in [0, 0.05) is 23.8 Å². The number of fused-ring (bicyclic) bond motifs is 1. The quantitative estimate of drug-likeness (QED) is 0.887. The van der Waals surface area contributed by atoms with Gasteiger partial charge in [0.1, 0.15) is 0 Å². The Labute approximate surface area is 104 Å². The fraction of sp³-hybridized carbons (Fsp3) is 0.308. The van der Waals surface area contributed by atoms with Gasteiger partial charge in [-0.1, -0.05) is 18.2 Å². The lowest BCUT2D eigenvalue weighted by Crippen LogP contribution is -2.31. The Kier molecular flexibility index (Phi) is 4.04. The summed E-state index contributed by atoms with van der Waals surface area (Å²) in [4.78, 5) is 5.67. The molecular weight excluding hydrogens is 238 g/mol. The van der Waals surface area contributed by atoms with E-state index < -0.39 is 13.0 Å². The molecule has 0 aliphatic heterocycles. The van der Waals surface area contributed by atoms with Crippen molar-refractivity contribution in [3.8, 4) is 0 Å². The molecule has 5 heteroatoms. The maximum absolute atomic E-state index is 12.6. The van der Waals surface area contributed by atoms with Gasteiger partial charge in [0.25, 0.3) is 6.43 Å². The van der Waals surface area contributed by atoms with Gasteiger partial charge in [0.2, 0.25) is 0 Å². The van der Waals surface area contributed by atoms with Crippen LogP contribution in [0, 0.1) is 0 Å². The summed E-state index contributed by atoms with van der Waals surface area (Å²) >= 11 is 0. The van der Waals surface area contributed by atoms with E-state index in [2.05, 4.69) is 4.98 Å². The molecule has 3 nitrogen and oxygen atoms in total. The number of benzene rings is 1. The molecule has 0 spiro atoms. The number of nitrogens with zero attached hydrogens (tertiary/aromatic N) is 2. The lowest BCUT2D eigenvalue weighted by Gasteiger charge is -2.24. The highest BCUT2D eigenvalue weighted by atomic mass is 19.3. The fourth-order valence-electron chi connectivity index (χ4n) is 1.95. The average Bonchev–Trinajstić information content (AvgIpc) is 2.37. The molecule has 0 unspecified atom stereocenters. The Bertz CT molecular complexity index is 514. The summed E-state index contributed by atoms with van der Waals surface area (Å²) in [7, 11) is 0. The van der Waals surface area contributed by atoms with Gasteiger partial charge in [0.15, 0.2) is 0 Å².